The van der Waals surface area contributed by atoms with Crippen LogP contribution in [-0.2, 0) is 11.2 Å². The molecule has 0 unspecified atom stereocenters. The first-order valence-electron chi connectivity index (χ1n) is 10.5. The molecule has 0 aliphatic carbocycles. The molecule has 2 heterocycles. The Morgan fingerprint density at radius 2 is 1.83 bits per heavy atom. The molecule has 0 spiro atoms. The van der Waals surface area contributed by atoms with Gasteiger partial charge in [0.2, 0.25) is 5.91 Å². The fraction of sp³-hybridized carbons (Fsp3) is 0.333. The van der Waals surface area contributed by atoms with Gasteiger partial charge in [0.25, 0.3) is 0 Å². The number of benzene rings is 2. The van der Waals surface area contributed by atoms with Crippen LogP contribution in [0.1, 0.15) is 36.8 Å². The van der Waals surface area contributed by atoms with Crippen LogP contribution in [0.3, 0.4) is 0 Å². The third-order valence-corrected chi connectivity index (χ3v) is 5.51. The van der Waals surface area contributed by atoms with Gasteiger partial charge in [0.15, 0.2) is 11.7 Å². The van der Waals surface area contributed by atoms with Gasteiger partial charge in [0.1, 0.15) is 5.82 Å². The molecule has 156 valence electrons. The molecule has 5 nitrogen and oxygen atoms in total. The lowest BCUT2D eigenvalue weighted by Gasteiger charge is -2.28. The maximum Gasteiger partial charge on any atom is 0.220 e. The second-order valence-electron chi connectivity index (χ2n) is 7.60. The van der Waals surface area contributed by atoms with Crippen LogP contribution in [0.15, 0.2) is 65.2 Å². The smallest absolute Gasteiger partial charge is 0.220 e. The SMILES string of the molecule is O=C(CCc1ncc(-c2ccc(F)cc2)o1)NC[C@@H](c1ccccc1)N1CCCC1. The molecule has 6 heteroatoms. The number of oxazole rings is 1. The molecule has 0 bridgehead atoms. The number of aromatic nitrogens is 1. The minimum atomic E-state index is -0.294. The van der Waals surface area contributed by atoms with Crippen molar-refractivity contribution in [3.8, 4) is 11.3 Å². The van der Waals surface area contributed by atoms with Gasteiger partial charge in [-0.3, -0.25) is 9.69 Å². The van der Waals surface area contributed by atoms with Crippen LogP contribution in [0.25, 0.3) is 11.3 Å². The monoisotopic (exact) mass is 407 g/mol. The van der Waals surface area contributed by atoms with Gasteiger partial charge in [-0.1, -0.05) is 30.3 Å². The predicted octanol–water partition coefficient (Wildman–Crippen LogP) is 4.37. The molecule has 0 radical (unpaired) electrons. The topological polar surface area (TPSA) is 58.4 Å². The summed E-state index contributed by atoms with van der Waals surface area (Å²) in [5.41, 5.74) is 1.99. The summed E-state index contributed by atoms with van der Waals surface area (Å²) < 4.78 is 18.8. The van der Waals surface area contributed by atoms with Crippen LogP contribution in [0.5, 0.6) is 0 Å². The van der Waals surface area contributed by atoms with Crippen molar-refractivity contribution in [2.24, 2.45) is 0 Å². The molecule has 2 aromatic carbocycles. The molecule has 30 heavy (non-hydrogen) atoms. The van der Waals surface area contributed by atoms with Crippen LogP contribution in [-0.4, -0.2) is 35.4 Å². The molecule has 1 saturated heterocycles. The quantitative estimate of drug-likeness (QED) is 0.603. The zero-order valence-electron chi connectivity index (χ0n) is 16.9. The predicted molar refractivity (Wildman–Crippen MR) is 113 cm³/mol. The summed E-state index contributed by atoms with van der Waals surface area (Å²) in [5, 5.41) is 3.08. The minimum Gasteiger partial charge on any atom is -0.441 e. The van der Waals surface area contributed by atoms with Crippen LogP contribution in [0, 0.1) is 5.82 Å². The van der Waals surface area contributed by atoms with Gasteiger partial charge in [-0.2, -0.15) is 0 Å². The standard InChI is InChI=1S/C24H26FN3O2/c25-20-10-8-19(9-11-20)22-17-27-24(30-22)13-12-23(29)26-16-21(28-14-4-5-15-28)18-6-2-1-3-7-18/h1-3,6-11,17,21H,4-5,12-16H2,(H,26,29)/t21-/m0/s1. The van der Waals surface area contributed by atoms with Gasteiger partial charge >= 0.3 is 0 Å². The number of halogens is 1. The lowest BCUT2D eigenvalue weighted by atomic mass is 10.1. The Bertz CT molecular complexity index is 950. The number of rotatable bonds is 8. The molecule has 1 aromatic heterocycles. The number of aryl methyl sites for hydroxylation is 1. The normalized spacial score (nSPS) is 15.2. The molecule has 4 rings (SSSR count). The van der Waals surface area contributed by atoms with E-state index in [0.717, 1.165) is 18.7 Å². The third kappa shape index (κ3) is 5.13. The molecule has 1 aliphatic heterocycles. The van der Waals surface area contributed by atoms with Crippen LogP contribution < -0.4 is 5.32 Å². The summed E-state index contributed by atoms with van der Waals surface area (Å²) in [5.74, 6) is 0.766. The Hall–Kier alpha value is -2.99. The van der Waals surface area contributed by atoms with E-state index in [9.17, 15) is 9.18 Å². The molecule has 1 atom stereocenters. The zero-order chi connectivity index (χ0) is 20.8. The van der Waals surface area contributed by atoms with E-state index in [0.29, 0.717) is 31.0 Å². The zero-order valence-corrected chi connectivity index (χ0v) is 16.9. The Morgan fingerprint density at radius 1 is 1.10 bits per heavy atom. The van der Waals surface area contributed by atoms with Crippen molar-refractivity contribution < 1.29 is 13.6 Å². The molecule has 3 aromatic rings. The molecule has 1 amide bonds. The average molecular weight is 407 g/mol. The maximum atomic E-state index is 13.1. The number of hydrogen-bond donors (Lipinski definition) is 1. The van der Waals surface area contributed by atoms with E-state index in [1.165, 1.54) is 30.5 Å². The summed E-state index contributed by atoms with van der Waals surface area (Å²) in [6.45, 7) is 2.73. The van der Waals surface area contributed by atoms with Crippen molar-refractivity contribution in [3.05, 3.63) is 78.1 Å². The largest absolute Gasteiger partial charge is 0.441 e. The van der Waals surface area contributed by atoms with Crippen molar-refractivity contribution in [2.45, 2.75) is 31.7 Å². The number of amides is 1. The highest BCUT2D eigenvalue weighted by atomic mass is 19.1. The lowest BCUT2D eigenvalue weighted by molar-refractivity contribution is -0.121. The number of nitrogens with zero attached hydrogens (tertiary/aromatic N) is 2. The van der Waals surface area contributed by atoms with E-state index in [4.69, 9.17) is 4.42 Å². The highest BCUT2D eigenvalue weighted by Gasteiger charge is 2.23. The van der Waals surface area contributed by atoms with Crippen LogP contribution in [0.4, 0.5) is 4.39 Å². The highest BCUT2D eigenvalue weighted by Crippen LogP contribution is 2.24. The van der Waals surface area contributed by atoms with Crippen molar-refractivity contribution >= 4 is 5.91 Å². The highest BCUT2D eigenvalue weighted by molar-refractivity contribution is 5.76. The van der Waals surface area contributed by atoms with E-state index in [1.54, 1.807) is 18.3 Å². The first-order chi connectivity index (χ1) is 14.7. The number of hydrogen-bond acceptors (Lipinski definition) is 4. The molecule has 0 saturated carbocycles. The van der Waals surface area contributed by atoms with Crippen molar-refractivity contribution in [2.75, 3.05) is 19.6 Å². The van der Waals surface area contributed by atoms with Crippen LogP contribution >= 0.6 is 0 Å². The first-order valence-corrected chi connectivity index (χ1v) is 10.5. The van der Waals surface area contributed by atoms with Gasteiger partial charge in [0.05, 0.1) is 12.2 Å². The van der Waals surface area contributed by atoms with Gasteiger partial charge in [0, 0.05) is 24.9 Å². The Morgan fingerprint density at radius 3 is 2.57 bits per heavy atom. The number of likely N-dealkylation sites (tertiary alicyclic amines) is 1. The summed E-state index contributed by atoms with van der Waals surface area (Å²) in [6, 6.07) is 16.6. The van der Waals surface area contributed by atoms with E-state index < -0.39 is 0 Å². The molecular weight excluding hydrogens is 381 g/mol. The number of carbonyl (C=O) groups excluding carboxylic acids is 1. The van der Waals surface area contributed by atoms with Crippen LogP contribution in [0.2, 0.25) is 0 Å². The second kappa shape index (κ2) is 9.67. The van der Waals surface area contributed by atoms with E-state index in [2.05, 4.69) is 27.3 Å². The Balaban J connectivity index is 1.30. The van der Waals surface area contributed by atoms with Gasteiger partial charge in [-0.25, -0.2) is 9.37 Å². The molecular formula is C24H26FN3O2. The van der Waals surface area contributed by atoms with E-state index >= 15 is 0 Å². The number of nitrogens with one attached hydrogen (secondary N) is 1. The Kier molecular flexibility index (Phi) is 6.54. The lowest BCUT2D eigenvalue weighted by Crippen LogP contribution is -2.36. The summed E-state index contributed by atoms with van der Waals surface area (Å²) in [6.07, 6.45) is 4.76. The van der Waals surface area contributed by atoms with Gasteiger partial charge in [-0.05, 0) is 55.8 Å². The third-order valence-electron chi connectivity index (χ3n) is 5.51. The second-order valence-corrected chi connectivity index (χ2v) is 7.60. The Labute approximate surface area is 175 Å². The van der Waals surface area contributed by atoms with Crippen molar-refractivity contribution in [3.63, 3.8) is 0 Å². The summed E-state index contributed by atoms with van der Waals surface area (Å²) in [7, 11) is 0. The maximum absolute atomic E-state index is 13.1. The molecule has 1 fully saturated rings. The molecule has 1 aliphatic rings. The fourth-order valence-electron chi connectivity index (χ4n) is 3.88. The summed E-state index contributed by atoms with van der Waals surface area (Å²) in [4.78, 5) is 19.1. The fourth-order valence-corrected chi connectivity index (χ4v) is 3.88. The average Bonchev–Trinajstić information content (AvgIpc) is 3.46. The van der Waals surface area contributed by atoms with E-state index in [-0.39, 0.29) is 17.8 Å². The van der Waals surface area contributed by atoms with Crippen molar-refractivity contribution in [1.82, 2.24) is 15.2 Å². The number of carbonyl (C=O) groups is 1. The first kappa shape index (κ1) is 20.3. The summed E-state index contributed by atoms with van der Waals surface area (Å²) >= 11 is 0. The minimum absolute atomic E-state index is 0.0170. The van der Waals surface area contributed by atoms with Gasteiger partial charge in [-0.15, -0.1) is 0 Å². The van der Waals surface area contributed by atoms with Crippen molar-refractivity contribution in [1.29, 1.82) is 0 Å². The van der Waals surface area contributed by atoms with Gasteiger partial charge < -0.3 is 9.73 Å². The van der Waals surface area contributed by atoms with E-state index in [1.807, 2.05) is 18.2 Å². The molecule has 1 N–H and O–H groups in total.